The first-order valence-electron chi connectivity index (χ1n) is 3.66. The lowest BCUT2D eigenvalue weighted by Gasteiger charge is -2.22. The van der Waals surface area contributed by atoms with Crippen molar-refractivity contribution in [2.75, 3.05) is 6.26 Å². The molecule has 0 radical (unpaired) electrons. The number of hydrogen-bond donors (Lipinski definition) is 0. The lowest BCUT2D eigenvalue weighted by molar-refractivity contribution is 0.256. The van der Waals surface area contributed by atoms with Gasteiger partial charge in [-0.25, -0.2) is 4.39 Å². The van der Waals surface area contributed by atoms with Gasteiger partial charge in [0.25, 0.3) is 0 Å². The van der Waals surface area contributed by atoms with Crippen LogP contribution in [0.15, 0.2) is 0 Å². The number of halogens is 1. The topological polar surface area (TPSA) is 0 Å². The average molecular weight is 180 g/mol. The normalized spacial score (nSPS) is 34.2. The van der Waals surface area contributed by atoms with Crippen LogP contribution in [0.4, 0.5) is 4.39 Å². The van der Waals surface area contributed by atoms with Gasteiger partial charge >= 0.3 is 0 Å². The van der Waals surface area contributed by atoms with E-state index < -0.39 is 6.17 Å². The first-order chi connectivity index (χ1) is 4.83. The molecule has 60 valence electrons. The highest BCUT2D eigenvalue weighted by molar-refractivity contribution is 8.76. The largest absolute Gasteiger partial charge is 0.247 e. The Morgan fingerprint density at radius 3 is 2.80 bits per heavy atom. The molecule has 0 N–H and O–H groups in total. The number of rotatable bonds is 2. The van der Waals surface area contributed by atoms with Crippen molar-refractivity contribution in [3.8, 4) is 0 Å². The Bertz CT molecular complexity index is 95.6. The second-order valence-corrected chi connectivity index (χ2v) is 5.42. The van der Waals surface area contributed by atoms with Crippen LogP contribution in [-0.4, -0.2) is 17.7 Å². The molecule has 1 saturated carbocycles. The van der Waals surface area contributed by atoms with Crippen molar-refractivity contribution in [2.24, 2.45) is 0 Å². The van der Waals surface area contributed by atoms with Crippen LogP contribution >= 0.6 is 21.6 Å². The molecule has 10 heavy (non-hydrogen) atoms. The van der Waals surface area contributed by atoms with Crippen LogP contribution in [0, 0.1) is 0 Å². The van der Waals surface area contributed by atoms with Crippen molar-refractivity contribution < 1.29 is 4.39 Å². The molecule has 2 unspecified atom stereocenters. The van der Waals surface area contributed by atoms with E-state index in [1.807, 2.05) is 10.8 Å². The molecule has 0 saturated heterocycles. The summed E-state index contributed by atoms with van der Waals surface area (Å²) in [6, 6.07) is 0. The minimum absolute atomic E-state index is 0.515. The monoisotopic (exact) mass is 180 g/mol. The van der Waals surface area contributed by atoms with Crippen LogP contribution in [0.25, 0.3) is 0 Å². The first kappa shape index (κ1) is 8.72. The Hall–Kier alpha value is 0.630. The summed E-state index contributed by atoms with van der Waals surface area (Å²) in [6.45, 7) is 0. The zero-order valence-corrected chi connectivity index (χ0v) is 7.81. The summed E-state index contributed by atoms with van der Waals surface area (Å²) in [5, 5.41) is 0.582. The average Bonchev–Trinajstić information content (AvgIpc) is 1.88. The molecule has 1 aliphatic carbocycles. The van der Waals surface area contributed by atoms with Crippen molar-refractivity contribution in [3.05, 3.63) is 0 Å². The van der Waals surface area contributed by atoms with Crippen LogP contribution in [0.3, 0.4) is 0 Å². The lowest BCUT2D eigenvalue weighted by Crippen LogP contribution is -2.17. The van der Waals surface area contributed by atoms with Gasteiger partial charge in [0.05, 0.1) is 0 Å². The summed E-state index contributed by atoms with van der Waals surface area (Å²) in [5.74, 6) is 0. The van der Waals surface area contributed by atoms with Crippen molar-refractivity contribution in [1.29, 1.82) is 0 Å². The molecule has 1 rings (SSSR count). The van der Waals surface area contributed by atoms with Gasteiger partial charge in [-0.1, -0.05) is 21.6 Å². The number of alkyl halides is 1. The molecule has 3 heteroatoms. The second kappa shape index (κ2) is 4.50. The smallest absolute Gasteiger partial charge is 0.101 e. The third-order valence-electron chi connectivity index (χ3n) is 1.79. The summed E-state index contributed by atoms with van der Waals surface area (Å²) in [5.41, 5.74) is 0. The molecular formula is C7H13FS2. The minimum Gasteiger partial charge on any atom is -0.247 e. The molecule has 0 bridgehead atoms. The Kier molecular flexibility index (Phi) is 3.92. The molecule has 0 aromatic carbocycles. The van der Waals surface area contributed by atoms with E-state index in [9.17, 15) is 4.39 Å². The molecule has 0 aromatic rings. The van der Waals surface area contributed by atoms with E-state index in [2.05, 4.69) is 6.26 Å². The van der Waals surface area contributed by atoms with Gasteiger partial charge < -0.3 is 0 Å². The highest BCUT2D eigenvalue weighted by atomic mass is 33.1. The summed E-state index contributed by atoms with van der Waals surface area (Å²) in [6.07, 6.45) is 5.42. The maximum absolute atomic E-state index is 12.7. The molecule has 1 fully saturated rings. The zero-order chi connectivity index (χ0) is 7.40. The summed E-state index contributed by atoms with van der Waals surface area (Å²) < 4.78 is 12.7. The molecular weight excluding hydrogens is 167 g/mol. The van der Waals surface area contributed by atoms with Gasteiger partial charge in [-0.15, -0.1) is 0 Å². The van der Waals surface area contributed by atoms with Crippen LogP contribution < -0.4 is 0 Å². The fraction of sp³-hybridized carbons (Fsp3) is 1.00. The van der Waals surface area contributed by atoms with Crippen molar-refractivity contribution in [3.63, 3.8) is 0 Å². The zero-order valence-electron chi connectivity index (χ0n) is 6.18. The maximum atomic E-state index is 12.7. The molecule has 2 atom stereocenters. The predicted octanol–water partition coefficient (Wildman–Crippen LogP) is 3.28. The molecule has 0 aliphatic heterocycles. The van der Waals surface area contributed by atoms with Gasteiger partial charge in [0.15, 0.2) is 0 Å². The second-order valence-electron chi connectivity index (χ2n) is 2.65. The highest BCUT2D eigenvalue weighted by Crippen LogP contribution is 2.35. The quantitative estimate of drug-likeness (QED) is 0.598. The number of hydrogen-bond acceptors (Lipinski definition) is 2. The Morgan fingerprint density at radius 2 is 2.20 bits per heavy atom. The van der Waals surface area contributed by atoms with Gasteiger partial charge in [-0.2, -0.15) is 0 Å². The first-order valence-corrected chi connectivity index (χ1v) is 6.28. The van der Waals surface area contributed by atoms with Crippen LogP contribution in [0.2, 0.25) is 0 Å². The fourth-order valence-corrected chi connectivity index (χ4v) is 3.47. The van der Waals surface area contributed by atoms with Crippen molar-refractivity contribution in [2.45, 2.75) is 37.1 Å². The van der Waals surface area contributed by atoms with Gasteiger partial charge in [0, 0.05) is 5.25 Å². The Morgan fingerprint density at radius 1 is 1.40 bits per heavy atom. The van der Waals surface area contributed by atoms with E-state index in [0.717, 1.165) is 19.3 Å². The van der Waals surface area contributed by atoms with E-state index in [4.69, 9.17) is 0 Å². The van der Waals surface area contributed by atoms with E-state index >= 15 is 0 Å². The van der Waals surface area contributed by atoms with Gasteiger partial charge in [0.1, 0.15) is 6.17 Å². The van der Waals surface area contributed by atoms with Gasteiger partial charge in [-0.05, 0) is 31.9 Å². The summed E-state index contributed by atoms with van der Waals surface area (Å²) >= 11 is 0. The van der Waals surface area contributed by atoms with Crippen LogP contribution in [-0.2, 0) is 0 Å². The van der Waals surface area contributed by atoms with Crippen molar-refractivity contribution >= 4 is 21.6 Å². The molecule has 0 nitrogen and oxygen atoms in total. The Labute approximate surface area is 69.7 Å². The van der Waals surface area contributed by atoms with Crippen LogP contribution in [0.5, 0.6) is 0 Å². The third-order valence-corrected chi connectivity index (χ3v) is 4.08. The fourth-order valence-electron chi connectivity index (χ4n) is 1.31. The van der Waals surface area contributed by atoms with Crippen LogP contribution in [0.1, 0.15) is 25.7 Å². The molecule has 0 amide bonds. The SMILES string of the molecule is CSSC1CCCC(F)C1. The predicted molar refractivity (Wildman–Crippen MR) is 48.3 cm³/mol. The van der Waals surface area contributed by atoms with E-state index in [0.29, 0.717) is 5.25 Å². The molecule has 0 aromatic heterocycles. The molecule has 0 heterocycles. The summed E-state index contributed by atoms with van der Waals surface area (Å²) in [7, 11) is 3.59. The van der Waals surface area contributed by atoms with Gasteiger partial charge in [-0.3, -0.25) is 0 Å². The maximum Gasteiger partial charge on any atom is 0.101 e. The third kappa shape index (κ3) is 2.70. The van der Waals surface area contributed by atoms with Gasteiger partial charge in [0.2, 0.25) is 0 Å². The van der Waals surface area contributed by atoms with E-state index in [1.165, 1.54) is 6.42 Å². The lowest BCUT2D eigenvalue weighted by atomic mass is 9.99. The van der Waals surface area contributed by atoms with E-state index in [1.54, 1.807) is 10.8 Å². The minimum atomic E-state index is -0.515. The summed E-state index contributed by atoms with van der Waals surface area (Å²) in [4.78, 5) is 0. The molecule has 0 spiro atoms. The van der Waals surface area contributed by atoms with Crippen molar-refractivity contribution in [1.82, 2.24) is 0 Å². The Balaban J connectivity index is 2.18. The van der Waals surface area contributed by atoms with E-state index in [-0.39, 0.29) is 0 Å². The molecule has 1 aliphatic rings. The standard InChI is InChI=1S/C7H13FS2/c1-9-10-7-4-2-3-6(8)5-7/h6-7H,2-5H2,1H3. The highest BCUT2D eigenvalue weighted by Gasteiger charge is 2.21.